The van der Waals surface area contributed by atoms with Gasteiger partial charge in [-0.25, -0.2) is 4.98 Å². The molecule has 2 aromatic rings. The van der Waals surface area contributed by atoms with E-state index < -0.39 is 0 Å². The molecule has 0 fully saturated rings. The van der Waals surface area contributed by atoms with Gasteiger partial charge in [-0.15, -0.1) is 23.1 Å². The van der Waals surface area contributed by atoms with E-state index >= 15 is 0 Å². The normalized spacial score (nSPS) is 10.4. The number of carbonyl (C=O) groups is 2. The molecule has 0 aliphatic heterocycles. The number of nitrogens with zero attached hydrogens (tertiary/aromatic N) is 1. The van der Waals surface area contributed by atoms with E-state index in [2.05, 4.69) is 34.6 Å². The monoisotopic (exact) mass is 320 g/mol. The summed E-state index contributed by atoms with van der Waals surface area (Å²) in [6, 6.07) is 8.27. The fraction of sp³-hybridized carbons (Fsp3) is 0.267. The van der Waals surface area contributed by atoms with Crippen molar-refractivity contribution in [3.05, 3.63) is 46.5 Å². The van der Waals surface area contributed by atoms with Crippen molar-refractivity contribution in [2.75, 3.05) is 11.1 Å². The van der Waals surface area contributed by atoms with E-state index in [1.54, 1.807) is 17.1 Å². The van der Waals surface area contributed by atoms with Crippen LogP contribution in [0.4, 0.5) is 5.13 Å². The highest BCUT2D eigenvalue weighted by atomic mass is 32.2. The number of anilines is 1. The largest absolute Gasteiger partial charge is 0.301 e. The molecule has 0 bridgehead atoms. The number of hydrogen-bond donors (Lipinski definition) is 1. The van der Waals surface area contributed by atoms with Crippen molar-refractivity contribution in [2.24, 2.45) is 0 Å². The third-order valence-electron chi connectivity index (χ3n) is 2.73. The summed E-state index contributed by atoms with van der Waals surface area (Å²) in [6.07, 6.45) is 0. The summed E-state index contributed by atoms with van der Waals surface area (Å²) in [6.45, 7) is 3.51. The molecule has 1 N–H and O–H groups in total. The van der Waals surface area contributed by atoms with Crippen LogP contribution in [0.15, 0.2) is 29.6 Å². The minimum Gasteiger partial charge on any atom is -0.301 e. The van der Waals surface area contributed by atoms with Crippen molar-refractivity contribution in [3.8, 4) is 0 Å². The number of Topliss-reactive ketones (excluding diaryl/α,β-unsaturated/α-hetero) is 1. The van der Waals surface area contributed by atoms with E-state index in [1.807, 2.05) is 6.92 Å². The third kappa shape index (κ3) is 4.99. The lowest BCUT2D eigenvalue weighted by Crippen LogP contribution is -2.14. The fourth-order valence-electron chi connectivity index (χ4n) is 1.59. The van der Waals surface area contributed by atoms with E-state index in [4.69, 9.17) is 0 Å². The molecule has 1 amide bonds. The molecular formula is C15H16N2O2S2. The zero-order chi connectivity index (χ0) is 15.2. The van der Waals surface area contributed by atoms with Crippen LogP contribution >= 0.6 is 23.1 Å². The number of hydrogen-bond acceptors (Lipinski definition) is 5. The van der Waals surface area contributed by atoms with Crippen LogP contribution in [-0.4, -0.2) is 22.4 Å². The first kappa shape index (κ1) is 15.7. The maximum Gasteiger partial charge on any atom is 0.236 e. The van der Waals surface area contributed by atoms with Crippen LogP contribution in [0.2, 0.25) is 0 Å². The number of rotatable bonds is 6. The molecule has 0 spiro atoms. The Labute approximate surface area is 132 Å². The summed E-state index contributed by atoms with van der Waals surface area (Å²) in [5, 5.41) is 4.83. The van der Waals surface area contributed by atoms with Gasteiger partial charge in [-0.2, -0.15) is 0 Å². The first-order valence-corrected chi connectivity index (χ1v) is 8.47. The van der Waals surface area contributed by atoms with Crippen LogP contribution in [0.5, 0.6) is 0 Å². The number of ketones is 1. The SMILES string of the molecule is CC(=O)c1csc(NC(=O)CSCc2ccc(C)cc2)n1. The number of thiazole rings is 1. The second kappa shape index (κ2) is 7.38. The molecule has 1 heterocycles. The molecule has 1 aromatic heterocycles. The van der Waals surface area contributed by atoms with Gasteiger partial charge in [-0.05, 0) is 12.5 Å². The molecule has 0 saturated heterocycles. The highest BCUT2D eigenvalue weighted by molar-refractivity contribution is 7.99. The summed E-state index contributed by atoms with van der Waals surface area (Å²) in [7, 11) is 0. The van der Waals surface area contributed by atoms with Crippen LogP contribution < -0.4 is 5.32 Å². The molecule has 0 unspecified atom stereocenters. The molecule has 0 radical (unpaired) electrons. The summed E-state index contributed by atoms with van der Waals surface area (Å²) >= 11 is 2.82. The van der Waals surface area contributed by atoms with E-state index in [9.17, 15) is 9.59 Å². The van der Waals surface area contributed by atoms with Crippen LogP contribution in [0, 0.1) is 6.92 Å². The van der Waals surface area contributed by atoms with Crippen molar-refractivity contribution in [1.82, 2.24) is 4.98 Å². The summed E-state index contributed by atoms with van der Waals surface area (Å²) in [5.74, 6) is 0.963. The van der Waals surface area contributed by atoms with Gasteiger partial charge in [-0.1, -0.05) is 29.8 Å². The van der Waals surface area contributed by atoms with Crippen LogP contribution in [0.1, 0.15) is 28.5 Å². The number of benzene rings is 1. The Hall–Kier alpha value is -1.66. The van der Waals surface area contributed by atoms with E-state index in [0.29, 0.717) is 16.6 Å². The lowest BCUT2D eigenvalue weighted by molar-refractivity contribution is -0.113. The predicted octanol–water partition coefficient (Wildman–Crippen LogP) is 3.53. The van der Waals surface area contributed by atoms with Gasteiger partial charge in [0.2, 0.25) is 5.91 Å². The van der Waals surface area contributed by atoms with Gasteiger partial charge < -0.3 is 5.32 Å². The lowest BCUT2D eigenvalue weighted by Gasteiger charge is -2.03. The highest BCUT2D eigenvalue weighted by Gasteiger charge is 2.09. The molecule has 0 atom stereocenters. The Balaban J connectivity index is 1.76. The Kier molecular flexibility index (Phi) is 5.52. The van der Waals surface area contributed by atoms with Crippen molar-refractivity contribution >= 4 is 39.9 Å². The average Bonchev–Trinajstić information content (AvgIpc) is 2.90. The zero-order valence-electron chi connectivity index (χ0n) is 11.9. The standard InChI is InChI=1S/C15H16N2O2S2/c1-10-3-5-12(6-4-10)7-20-9-14(19)17-15-16-13(8-21-15)11(2)18/h3-6,8H,7,9H2,1-2H3,(H,16,17,19). The Morgan fingerprint density at radius 1 is 1.29 bits per heavy atom. The number of thioether (sulfide) groups is 1. The minimum atomic E-state index is -0.100. The molecule has 2 rings (SSSR count). The van der Waals surface area contributed by atoms with Crippen molar-refractivity contribution in [3.63, 3.8) is 0 Å². The molecule has 0 aliphatic carbocycles. The molecule has 110 valence electrons. The second-order valence-corrected chi connectivity index (χ2v) is 6.46. The number of amides is 1. The first-order valence-electron chi connectivity index (χ1n) is 6.44. The van der Waals surface area contributed by atoms with Gasteiger partial charge in [0.15, 0.2) is 10.9 Å². The topological polar surface area (TPSA) is 59.1 Å². The molecule has 21 heavy (non-hydrogen) atoms. The average molecular weight is 320 g/mol. The maximum absolute atomic E-state index is 11.8. The van der Waals surface area contributed by atoms with Gasteiger partial charge in [0.25, 0.3) is 0 Å². The minimum absolute atomic E-state index is 0.0968. The van der Waals surface area contributed by atoms with Gasteiger partial charge >= 0.3 is 0 Å². The summed E-state index contributed by atoms with van der Waals surface area (Å²) in [4.78, 5) is 27.0. The Morgan fingerprint density at radius 3 is 2.62 bits per heavy atom. The number of carbonyl (C=O) groups excluding carboxylic acids is 2. The van der Waals surface area contributed by atoms with E-state index in [1.165, 1.54) is 29.4 Å². The number of aromatic nitrogens is 1. The molecule has 0 aliphatic rings. The maximum atomic E-state index is 11.8. The smallest absolute Gasteiger partial charge is 0.236 e. The zero-order valence-corrected chi connectivity index (χ0v) is 13.5. The second-order valence-electron chi connectivity index (χ2n) is 4.62. The first-order chi connectivity index (χ1) is 10.0. The van der Waals surface area contributed by atoms with Crippen LogP contribution in [0.25, 0.3) is 0 Å². The van der Waals surface area contributed by atoms with Gasteiger partial charge in [0.05, 0.1) is 5.75 Å². The molecule has 4 nitrogen and oxygen atoms in total. The summed E-state index contributed by atoms with van der Waals surface area (Å²) < 4.78 is 0. The third-order valence-corrected chi connectivity index (χ3v) is 4.50. The van der Waals surface area contributed by atoms with Crippen LogP contribution in [0.3, 0.4) is 0 Å². The van der Waals surface area contributed by atoms with Crippen molar-refractivity contribution in [1.29, 1.82) is 0 Å². The van der Waals surface area contributed by atoms with Crippen molar-refractivity contribution in [2.45, 2.75) is 19.6 Å². The van der Waals surface area contributed by atoms with Crippen molar-refractivity contribution < 1.29 is 9.59 Å². The van der Waals surface area contributed by atoms with E-state index in [-0.39, 0.29) is 11.7 Å². The molecule has 6 heteroatoms. The van der Waals surface area contributed by atoms with Crippen LogP contribution in [-0.2, 0) is 10.5 Å². The molecular weight excluding hydrogens is 304 g/mol. The van der Waals surface area contributed by atoms with Gasteiger partial charge in [0.1, 0.15) is 5.69 Å². The number of nitrogens with one attached hydrogen (secondary N) is 1. The van der Waals surface area contributed by atoms with Gasteiger partial charge in [0, 0.05) is 18.1 Å². The highest BCUT2D eigenvalue weighted by Crippen LogP contribution is 2.17. The number of aryl methyl sites for hydroxylation is 1. The lowest BCUT2D eigenvalue weighted by atomic mass is 10.2. The quantitative estimate of drug-likeness (QED) is 0.827. The fourth-order valence-corrected chi connectivity index (χ4v) is 3.15. The van der Waals surface area contributed by atoms with Gasteiger partial charge in [-0.3, -0.25) is 9.59 Å². The Morgan fingerprint density at radius 2 is 2.00 bits per heavy atom. The molecule has 1 aromatic carbocycles. The van der Waals surface area contributed by atoms with E-state index in [0.717, 1.165) is 5.75 Å². The predicted molar refractivity (Wildman–Crippen MR) is 88.1 cm³/mol. The summed E-state index contributed by atoms with van der Waals surface area (Å²) in [5.41, 5.74) is 2.82. The molecule has 0 saturated carbocycles. The Bertz CT molecular complexity index is 635.